The number of nitrogens with zero attached hydrogens (tertiary/aromatic N) is 2. The Morgan fingerprint density at radius 3 is 1.31 bits per heavy atom. The highest BCUT2D eigenvalue weighted by molar-refractivity contribution is 6.70. The van der Waals surface area contributed by atoms with Crippen LogP contribution in [-0.2, 0) is 38.0 Å². The summed E-state index contributed by atoms with van der Waals surface area (Å²) in [7, 11) is 0. The SMILES string of the molecule is C/C(CO)=C(\CCC(OCC(Cl)(Cl)Cl)OCC(Cl)(Cl)Cl)C1=NC(C)(C)CO1.CC(C)(N)CO.CC1=C(CCC(OCC(Cl)(Cl)Cl)OCC(Cl)(Cl)Cl)C(=NC(C)(C)[O-])CC1.CC1=C(CCC(OCC(Cl)(Cl)Cl)OCC(Cl)(Cl)Cl)CCC1=O. The quantitative estimate of drug-likeness (QED) is 0.0579. The number of aliphatic imine (C=N–C) groups is 2. The van der Waals surface area contributed by atoms with E-state index in [-0.39, 0.29) is 64.2 Å². The Balaban J connectivity index is 0.00000113. The van der Waals surface area contributed by atoms with Gasteiger partial charge in [-0.1, -0.05) is 234 Å². The molecule has 0 amide bonds. The van der Waals surface area contributed by atoms with Crippen molar-refractivity contribution in [2.45, 2.75) is 185 Å². The predicted molar refractivity (Wildman–Crippen MR) is 340 cm³/mol. The number of ketones is 1. The van der Waals surface area contributed by atoms with Crippen LogP contribution in [0.25, 0.3) is 0 Å². The first-order valence-corrected chi connectivity index (χ1v) is 31.4. The molecule has 32 heteroatoms. The predicted octanol–water partition coefficient (Wildman–Crippen LogP) is 16.2. The number of carbonyl (C=O) groups excluding carboxylic acids is 1. The highest BCUT2D eigenvalue weighted by Gasteiger charge is 2.33. The monoisotopic (exact) mass is 1510 g/mol. The average Bonchev–Trinajstić information content (AvgIpc) is 3.94. The highest BCUT2D eigenvalue weighted by Crippen LogP contribution is 2.36. The molecule has 81 heavy (non-hydrogen) atoms. The van der Waals surface area contributed by atoms with Gasteiger partial charge in [0, 0.05) is 42.5 Å². The van der Waals surface area contributed by atoms with Gasteiger partial charge in [0.05, 0.1) is 58.4 Å². The number of halogens is 18. The molecule has 0 unspecified atom stereocenters. The maximum atomic E-state index is 11.9. The number of alkyl halides is 18. The molecule has 0 spiro atoms. The molecule has 0 radical (unpaired) electrons. The third-order valence-electron chi connectivity index (χ3n) is 10.5. The van der Waals surface area contributed by atoms with Crippen molar-refractivity contribution >= 4 is 226 Å². The van der Waals surface area contributed by atoms with Crippen LogP contribution >= 0.6 is 209 Å². The zero-order valence-electron chi connectivity index (χ0n) is 46.0. The zero-order valence-corrected chi connectivity index (χ0v) is 59.6. The summed E-state index contributed by atoms with van der Waals surface area (Å²) < 4.78 is 29.1. The van der Waals surface area contributed by atoms with Crippen molar-refractivity contribution in [3.05, 3.63) is 33.4 Å². The minimum atomic E-state index is -1.61. The summed E-state index contributed by atoms with van der Waals surface area (Å²) in [6.07, 6.45) is 3.63. The van der Waals surface area contributed by atoms with E-state index in [1.807, 2.05) is 27.7 Å². The highest BCUT2D eigenvalue weighted by atomic mass is 35.6. The molecule has 0 aromatic rings. The average molecular weight is 1520 g/mol. The van der Waals surface area contributed by atoms with E-state index in [1.54, 1.807) is 20.8 Å². The first-order valence-electron chi connectivity index (χ1n) is 24.6. The molecule has 0 bridgehead atoms. The lowest BCUT2D eigenvalue weighted by Gasteiger charge is -2.28. The summed E-state index contributed by atoms with van der Waals surface area (Å²) in [4.78, 5) is 20.4. The lowest BCUT2D eigenvalue weighted by atomic mass is 10.0. The second-order valence-electron chi connectivity index (χ2n) is 20.5. The van der Waals surface area contributed by atoms with Crippen molar-refractivity contribution in [2.24, 2.45) is 15.7 Å². The largest absolute Gasteiger partial charge is 0.833 e. The molecule has 0 saturated carbocycles. The number of carbonyl (C=O) groups is 1. The molecule has 2 aliphatic carbocycles. The van der Waals surface area contributed by atoms with E-state index in [2.05, 4.69) is 9.98 Å². The number of hydrogen-bond donors (Lipinski definition) is 3. The number of hydrogen-bond acceptors (Lipinski definition) is 14. The molecule has 1 aliphatic heterocycles. The van der Waals surface area contributed by atoms with Gasteiger partial charge < -0.3 is 59.2 Å². The van der Waals surface area contributed by atoms with Gasteiger partial charge >= 0.3 is 0 Å². The van der Waals surface area contributed by atoms with Gasteiger partial charge in [0.1, 0.15) is 6.61 Å². The van der Waals surface area contributed by atoms with Crippen LogP contribution < -0.4 is 10.8 Å². The van der Waals surface area contributed by atoms with Gasteiger partial charge in [-0.2, -0.15) is 0 Å². The molecule has 3 aliphatic rings. The Morgan fingerprint density at radius 1 is 0.642 bits per heavy atom. The van der Waals surface area contributed by atoms with E-state index in [9.17, 15) is 15.0 Å². The van der Waals surface area contributed by atoms with E-state index in [4.69, 9.17) is 253 Å². The van der Waals surface area contributed by atoms with E-state index in [0.29, 0.717) is 57.5 Å². The lowest BCUT2D eigenvalue weighted by molar-refractivity contribution is -0.462. The van der Waals surface area contributed by atoms with Crippen molar-refractivity contribution in [1.82, 2.24) is 0 Å². The standard InChI is InChI=1S/C16H23Cl6NO4.C16H22Cl6NO3.C13H16Cl6O3.C4H11NO/c1-10(6-24)11(13-23-14(2,3)7-27-13)4-5-12(25-8-15(17,18)19)26-9-16(20,21)22;1-10-4-6-12(23-14(2,3)24)11(10)5-7-13(25-8-15(17,18)19)26-9-16(20,21)22;1-8-9(2-4-10(8)20)3-5-11(21-6-12(14,15)16)22-7-13(17,18)19;1-4(2,5)3-6/h12,24H,4-9H2,1-3H3;13H,4-9H2,1-3H3;11H,2-7H2,1H3;6H,3,5H2,1-2H3/q;-1;;/b11-10-;;;. The lowest BCUT2D eigenvalue weighted by Crippen LogP contribution is -2.35. The molecule has 4 N–H and O–H groups in total. The van der Waals surface area contributed by atoms with Crippen LogP contribution in [-0.4, -0.2) is 145 Å². The Hall–Kier alpha value is 2.85. The van der Waals surface area contributed by atoms with E-state index in [1.165, 1.54) is 19.4 Å². The van der Waals surface area contributed by atoms with Gasteiger partial charge in [0.25, 0.3) is 0 Å². The van der Waals surface area contributed by atoms with Crippen LogP contribution in [0.3, 0.4) is 0 Å². The fraction of sp³-hybridized carbons (Fsp3) is 0.816. The second kappa shape index (κ2) is 38.0. The Labute approximate surface area is 567 Å². The molecular weight excluding hydrogens is 1440 g/mol. The van der Waals surface area contributed by atoms with E-state index < -0.39 is 52.9 Å². The fourth-order valence-electron chi connectivity index (χ4n) is 6.73. The van der Waals surface area contributed by atoms with Gasteiger partial charge in [-0.05, 0) is 109 Å². The van der Waals surface area contributed by atoms with Gasteiger partial charge in [-0.15, -0.1) is 0 Å². The first-order chi connectivity index (χ1) is 36.4. The number of aliphatic hydroxyl groups excluding tert-OH is 2. The van der Waals surface area contributed by atoms with Gasteiger partial charge in [0.2, 0.25) is 28.7 Å². The second-order valence-corrected chi connectivity index (χ2v) is 35.6. The number of ether oxygens (including phenoxy) is 7. The van der Waals surface area contributed by atoms with Crippen LogP contribution in [0.1, 0.15) is 127 Å². The van der Waals surface area contributed by atoms with Crippen molar-refractivity contribution in [1.29, 1.82) is 0 Å². The first kappa shape index (κ1) is 83.8. The molecule has 476 valence electrons. The molecule has 1 heterocycles. The maximum Gasteiger partial charge on any atom is 0.213 e. The summed E-state index contributed by atoms with van der Waals surface area (Å²) in [5, 5.41) is 29.8. The third-order valence-corrected chi connectivity index (χ3v) is 12.5. The number of nitrogens with two attached hydrogens (primary N) is 1. The van der Waals surface area contributed by atoms with Crippen molar-refractivity contribution in [2.75, 3.05) is 59.5 Å². The van der Waals surface area contributed by atoms with Gasteiger partial charge in [-0.25, -0.2) is 4.99 Å². The maximum absolute atomic E-state index is 11.9. The molecular formula is C49H72Cl18N3O11-. The summed E-state index contributed by atoms with van der Waals surface area (Å²) in [6.45, 7) is 15.5. The minimum absolute atomic E-state index is 0.0486. The minimum Gasteiger partial charge on any atom is -0.833 e. The van der Waals surface area contributed by atoms with Crippen molar-refractivity contribution in [3.63, 3.8) is 0 Å². The number of Topliss-reactive ketones (excluding diaryl/α,β-unsaturated/α-hetero) is 1. The normalized spacial score (nSPS) is 17.6. The number of aliphatic hydroxyl groups is 2. The summed E-state index contributed by atoms with van der Waals surface area (Å²) >= 11 is 103. The fourth-order valence-corrected chi connectivity index (χ4v) is 7.87. The van der Waals surface area contributed by atoms with Crippen molar-refractivity contribution < 1.29 is 53.3 Å². The van der Waals surface area contributed by atoms with Crippen LogP contribution in [0, 0.1) is 0 Å². The molecule has 0 aromatic heterocycles. The molecule has 14 nitrogen and oxygen atoms in total. The topological polar surface area (TPSA) is 196 Å². The Bertz CT molecular complexity index is 2010. The summed E-state index contributed by atoms with van der Waals surface area (Å²) in [5.74, 6) is 0.670. The molecule has 0 fully saturated rings. The number of allylic oxidation sites excluding steroid dienone is 4. The molecule has 0 aromatic carbocycles. The molecule has 3 rings (SSSR count). The van der Waals surface area contributed by atoms with Gasteiger partial charge in [-0.3, -0.25) is 4.79 Å². The molecule has 0 atom stereocenters. The van der Waals surface area contributed by atoms with Crippen molar-refractivity contribution in [3.8, 4) is 0 Å². The van der Waals surface area contributed by atoms with Crippen LogP contribution in [0.2, 0.25) is 0 Å². The Kier molecular flexibility index (Phi) is 39.3. The van der Waals surface area contributed by atoms with Crippen LogP contribution in [0.4, 0.5) is 0 Å². The molecule has 0 saturated heterocycles. The van der Waals surface area contributed by atoms with E-state index >= 15 is 0 Å². The van der Waals surface area contributed by atoms with Gasteiger partial charge in [0.15, 0.2) is 24.7 Å². The van der Waals surface area contributed by atoms with Crippen LogP contribution in [0.5, 0.6) is 0 Å². The summed E-state index contributed by atoms with van der Waals surface area (Å²) in [6, 6.07) is 0. The smallest absolute Gasteiger partial charge is 0.213 e. The third kappa shape index (κ3) is 45.7. The summed E-state index contributed by atoms with van der Waals surface area (Å²) in [5.41, 5.74) is 9.62. The van der Waals surface area contributed by atoms with Crippen LogP contribution in [0.15, 0.2) is 43.4 Å². The zero-order chi connectivity index (χ0) is 63.2. The number of rotatable bonds is 25. The van der Waals surface area contributed by atoms with E-state index in [0.717, 1.165) is 52.8 Å². The Morgan fingerprint density at radius 2 is 1.01 bits per heavy atom.